The summed E-state index contributed by atoms with van der Waals surface area (Å²) in [4.78, 5) is 25.9. The third-order valence-corrected chi connectivity index (χ3v) is 4.51. The van der Waals surface area contributed by atoms with Gasteiger partial charge in [-0.1, -0.05) is 30.3 Å². The zero-order valence-electron chi connectivity index (χ0n) is 16.5. The minimum absolute atomic E-state index is 0.00222. The predicted molar refractivity (Wildman–Crippen MR) is 110 cm³/mol. The average molecular weight is 434 g/mol. The highest BCUT2D eigenvalue weighted by molar-refractivity contribution is 5.97. The standard InChI is InChI=1S/C22H21F3N2O4/c23-22(24,25)17-7-8-19(27-10-12-30-13-11-27)18(14-17)26-20(28)15-31-21(29)9-6-16-4-2-1-3-5-16/h1-9,14H,10-13,15H2,(H,26,28)/b9-6+. The monoisotopic (exact) mass is 434 g/mol. The van der Waals surface area contributed by atoms with Crippen molar-refractivity contribution in [3.63, 3.8) is 0 Å². The zero-order chi connectivity index (χ0) is 22.3. The van der Waals surface area contributed by atoms with Crippen molar-refractivity contribution < 1.29 is 32.2 Å². The maximum absolute atomic E-state index is 13.1. The minimum Gasteiger partial charge on any atom is -0.452 e. The zero-order valence-corrected chi connectivity index (χ0v) is 16.5. The largest absolute Gasteiger partial charge is 0.452 e. The minimum atomic E-state index is -4.56. The number of esters is 1. The molecular weight excluding hydrogens is 413 g/mol. The number of halogens is 3. The van der Waals surface area contributed by atoms with E-state index in [1.807, 2.05) is 11.0 Å². The lowest BCUT2D eigenvalue weighted by atomic mass is 10.1. The van der Waals surface area contributed by atoms with Crippen LogP contribution in [-0.2, 0) is 25.2 Å². The molecule has 31 heavy (non-hydrogen) atoms. The lowest BCUT2D eigenvalue weighted by Crippen LogP contribution is -2.37. The van der Waals surface area contributed by atoms with Crippen molar-refractivity contribution in [2.75, 3.05) is 43.1 Å². The number of morpholine rings is 1. The Labute approximate surface area is 177 Å². The number of nitrogens with zero attached hydrogens (tertiary/aromatic N) is 1. The fourth-order valence-corrected chi connectivity index (χ4v) is 2.99. The second-order valence-electron chi connectivity index (χ2n) is 6.73. The van der Waals surface area contributed by atoms with Crippen LogP contribution in [0.15, 0.2) is 54.6 Å². The third kappa shape index (κ3) is 6.58. The van der Waals surface area contributed by atoms with Gasteiger partial charge in [-0.3, -0.25) is 4.79 Å². The molecule has 1 fully saturated rings. The predicted octanol–water partition coefficient (Wildman–Crippen LogP) is 3.74. The molecule has 3 rings (SSSR count). The van der Waals surface area contributed by atoms with Crippen molar-refractivity contribution in [2.24, 2.45) is 0 Å². The second-order valence-corrected chi connectivity index (χ2v) is 6.73. The lowest BCUT2D eigenvalue weighted by molar-refractivity contribution is -0.142. The molecule has 0 atom stereocenters. The molecule has 9 heteroatoms. The highest BCUT2D eigenvalue weighted by atomic mass is 19.4. The molecule has 164 valence electrons. The van der Waals surface area contributed by atoms with Crippen LogP contribution >= 0.6 is 0 Å². The van der Waals surface area contributed by atoms with E-state index in [0.29, 0.717) is 32.0 Å². The molecule has 0 bridgehead atoms. The number of alkyl halides is 3. The number of nitrogens with one attached hydrogen (secondary N) is 1. The summed E-state index contributed by atoms with van der Waals surface area (Å²) >= 11 is 0. The number of carbonyl (C=O) groups is 2. The van der Waals surface area contributed by atoms with E-state index in [-0.39, 0.29) is 5.69 Å². The molecule has 1 saturated heterocycles. The molecule has 1 aliphatic heterocycles. The molecule has 0 spiro atoms. The molecule has 1 aliphatic rings. The Hall–Kier alpha value is -3.33. The van der Waals surface area contributed by atoms with Gasteiger partial charge in [-0.25, -0.2) is 4.79 Å². The van der Waals surface area contributed by atoms with Crippen LogP contribution < -0.4 is 10.2 Å². The molecule has 2 aromatic rings. The summed E-state index contributed by atoms with van der Waals surface area (Å²) in [5, 5.41) is 2.43. The Morgan fingerprint density at radius 3 is 2.48 bits per heavy atom. The third-order valence-electron chi connectivity index (χ3n) is 4.51. The second kappa shape index (κ2) is 10.1. The van der Waals surface area contributed by atoms with Gasteiger partial charge in [-0.05, 0) is 29.8 Å². The van der Waals surface area contributed by atoms with Crippen LogP contribution in [0.5, 0.6) is 0 Å². The molecule has 1 N–H and O–H groups in total. The number of ether oxygens (including phenoxy) is 2. The number of amides is 1. The van der Waals surface area contributed by atoms with Gasteiger partial charge in [0.2, 0.25) is 0 Å². The molecule has 2 aromatic carbocycles. The fourth-order valence-electron chi connectivity index (χ4n) is 2.99. The summed E-state index contributed by atoms with van der Waals surface area (Å²) in [5.41, 5.74) is 0.336. The van der Waals surface area contributed by atoms with Crippen LogP contribution in [0.25, 0.3) is 6.08 Å². The number of benzene rings is 2. The van der Waals surface area contributed by atoms with Crippen molar-refractivity contribution in [3.05, 3.63) is 65.7 Å². The number of anilines is 2. The van der Waals surface area contributed by atoms with Gasteiger partial charge in [0.1, 0.15) is 0 Å². The molecule has 6 nitrogen and oxygen atoms in total. The first kappa shape index (κ1) is 22.4. The van der Waals surface area contributed by atoms with Gasteiger partial charge < -0.3 is 19.7 Å². The number of carbonyl (C=O) groups excluding carboxylic acids is 2. The highest BCUT2D eigenvalue weighted by Gasteiger charge is 2.32. The van der Waals surface area contributed by atoms with E-state index >= 15 is 0 Å². The Bertz CT molecular complexity index is 940. The van der Waals surface area contributed by atoms with Gasteiger partial charge in [-0.15, -0.1) is 0 Å². The summed E-state index contributed by atoms with van der Waals surface area (Å²) in [5.74, 6) is -1.48. The first-order chi connectivity index (χ1) is 14.8. The van der Waals surface area contributed by atoms with Crippen LogP contribution in [0.3, 0.4) is 0 Å². The Morgan fingerprint density at radius 1 is 1.10 bits per heavy atom. The number of hydrogen-bond donors (Lipinski definition) is 1. The van der Waals surface area contributed by atoms with Crippen molar-refractivity contribution in [2.45, 2.75) is 6.18 Å². The summed E-state index contributed by atoms with van der Waals surface area (Å²) < 4.78 is 49.6. The van der Waals surface area contributed by atoms with Gasteiger partial charge in [0.05, 0.1) is 30.2 Å². The Balaban J connectivity index is 1.65. The normalized spacial score (nSPS) is 14.5. The molecule has 0 aliphatic carbocycles. The summed E-state index contributed by atoms with van der Waals surface area (Å²) in [7, 11) is 0. The first-order valence-corrected chi connectivity index (χ1v) is 9.56. The molecule has 0 aromatic heterocycles. The van der Waals surface area contributed by atoms with Crippen molar-refractivity contribution in [1.29, 1.82) is 0 Å². The first-order valence-electron chi connectivity index (χ1n) is 9.56. The SMILES string of the molecule is O=C(COC(=O)/C=C/c1ccccc1)Nc1cc(C(F)(F)F)ccc1N1CCOCC1. The fraction of sp³-hybridized carbons (Fsp3) is 0.273. The van der Waals surface area contributed by atoms with E-state index in [2.05, 4.69) is 5.32 Å². The van der Waals surface area contributed by atoms with Crippen molar-refractivity contribution in [3.8, 4) is 0 Å². The van der Waals surface area contributed by atoms with Crippen molar-refractivity contribution in [1.82, 2.24) is 0 Å². The van der Waals surface area contributed by atoms with E-state index in [0.717, 1.165) is 17.7 Å². The molecular formula is C22H21F3N2O4. The van der Waals surface area contributed by atoms with E-state index in [9.17, 15) is 22.8 Å². The van der Waals surface area contributed by atoms with E-state index in [1.54, 1.807) is 24.3 Å². The van der Waals surface area contributed by atoms with Crippen LogP contribution in [-0.4, -0.2) is 44.8 Å². The average Bonchev–Trinajstić information content (AvgIpc) is 2.77. The van der Waals surface area contributed by atoms with E-state index in [1.165, 1.54) is 18.2 Å². The Morgan fingerprint density at radius 2 is 1.81 bits per heavy atom. The summed E-state index contributed by atoms with van der Waals surface area (Å²) in [6.07, 6.45) is -1.85. The smallest absolute Gasteiger partial charge is 0.416 e. The van der Waals surface area contributed by atoms with Gasteiger partial charge in [0.25, 0.3) is 5.91 Å². The van der Waals surface area contributed by atoms with Gasteiger partial charge in [0, 0.05) is 19.2 Å². The molecule has 1 heterocycles. The van der Waals surface area contributed by atoms with Crippen LogP contribution in [0.1, 0.15) is 11.1 Å². The Kier molecular flexibility index (Phi) is 7.30. The maximum Gasteiger partial charge on any atom is 0.416 e. The van der Waals surface area contributed by atoms with Gasteiger partial charge in [-0.2, -0.15) is 13.2 Å². The topological polar surface area (TPSA) is 67.9 Å². The van der Waals surface area contributed by atoms with Gasteiger partial charge >= 0.3 is 12.1 Å². The maximum atomic E-state index is 13.1. The van der Waals surface area contributed by atoms with E-state index < -0.39 is 30.2 Å². The highest BCUT2D eigenvalue weighted by Crippen LogP contribution is 2.35. The molecule has 0 unspecified atom stereocenters. The van der Waals surface area contributed by atoms with Crippen molar-refractivity contribution >= 4 is 29.3 Å². The molecule has 1 amide bonds. The molecule has 0 saturated carbocycles. The van der Waals surface area contributed by atoms with E-state index in [4.69, 9.17) is 9.47 Å². The number of hydrogen-bond acceptors (Lipinski definition) is 5. The lowest BCUT2D eigenvalue weighted by Gasteiger charge is -2.31. The summed E-state index contributed by atoms with van der Waals surface area (Å²) in [6, 6.07) is 12.2. The van der Waals surface area contributed by atoms with Crippen LogP contribution in [0, 0.1) is 0 Å². The summed E-state index contributed by atoms with van der Waals surface area (Å²) in [6.45, 7) is 1.19. The number of rotatable bonds is 6. The van der Waals surface area contributed by atoms with Crippen LogP contribution in [0.2, 0.25) is 0 Å². The van der Waals surface area contributed by atoms with Crippen LogP contribution in [0.4, 0.5) is 24.5 Å². The van der Waals surface area contributed by atoms with Gasteiger partial charge in [0.15, 0.2) is 6.61 Å². The molecule has 0 radical (unpaired) electrons. The quantitative estimate of drug-likeness (QED) is 0.554.